The Labute approximate surface area is 174 Å². The lowest BCUT2D eigenvalue weighted by molar-refractivity contribution is -0.137. The summed E-state index contributed by atoms with van der Waals surface area (Å²) in [4.78, 5) is 27.3. The number of aliphatic carboxylic acids is 1. The molecule has 0 saturated heterocycles. The van der Waals surface area contributed by atoms with E-state index >= 15 is 0 Å². The van der Waals surface area contributed by atoms with Gasteiger partial charge in [-0.05, 0) is 24.3 Å². The van der Waals surface area contributed by atoms with Crippen molar-refractivity contribution in [2.45, 2.75) is 46.1 Å². The number of carbonyl (C=O) groups is 1. The van der Waals surface area contributed by atoms with Crippen LogP contribution in [-0.4, -0.2) is 37.1 Å². The zero-order chi connectivity index (χ0) is 21.9. The lowest BCUT2D eigenvalue weighted by Gasteiger charge is -2.32. The molecule has 3 heterocycles. The van der Waals surface area contributed by atoms with Crippen LogP contribution in [0.4, 0.5) is 10.2 Å². The molecule has 7 nitrogen and oxygen atoms in total. The minimum atomic E-state index is -0.839. The summed E-state index contributed by atoms with van der Waals surface area (Å²) in [5.41, 5.74) is 1.85. The number of H-pyrrole nitrogens is 1. The molecule has 0 fully saturated rings. The average Bonchev–Trinajstić information content (AvgIpc) is 3.08. The van der Waals surface area contributed by atoms with Crippen molar-refractivity contribution in [3.05, 3.63) is 48.7 Å². The fourth-order valence-electron chi connectivity index (χ4n) is 3.28. The van der Waals surface area contributed by atoms with E-state index in [1.165, 1.54) is 6.07 Å². The quantitative estimate of drug-likeness (QED) is 0.469. The van der Waals surface area contributed by atoms with Crippen molar-refractivity contribution in [1.82, 2.24) is 19.9 Å². The predicted octanol–water partition coefficient (Wildman–Crippen LogP) is 4.58. The number of carboxylic acid groups (broad SMARTS) is 1. The van der Waals surface area contributed by atoms with E-state index in [9.17, 15) is 9.18 Å². The van der Waals surface area contributed by atoms with Crippen molar-refractivity contribution in [2.75, 3.05) is 5.32 Å². The van der Waals surface area contributed by atoms with Gasteiger partial charge < -0.3 is 15.4 Å². The maximum atomic E-state index is 13.7. The van der Waals surface area contributed by atoms with Gasteiger partial charge in [0.2, 0.25) is 0 Å². The van der Waals surface area contributed by atoms with Crippen LogP contribution in [0.15, 0.2) is 37.3 Å². The average molecular weight is 411 g/mol. The standard InChI is InChI=1S/C22H26FN5O2/c1-5-6-13-10-24-21(16-12-26-20-15(16)9-14(23)11-25-20)28-19(13)27-17(22(2,3)4)7-8-18(29)30/h5,9-12,17H,1,6-8H2,2-4H3,(H,25,26)(H,29,30)(H,24,27,28). The number of anilines is 1. The maximum Gasteiger partial charge on any atom is 0.303 e. The van der Waals surface area contributed by atoms with Gasteiger partial charge in [0, 0.05) is 41.4 Å². The van der Waals surface area contributed by atoms with Crippen molar-refractivity contribution in [2.24, 2.45) is 5.41 Å². The van der Waals surface area contributed by atoms with Crippen LogP contribution in [-0.2, 0) is 11.2 Å². The number of carboxylic acids is 1. The fraction of sp³-hybridized carbons (Fsp3) is 0.364. The summed E-state index contributed by atoms with van der Waals surface area (Å²) in [7, 11) is 0. The summed E-state index contributed by atoms with van der Waals surface area (Å²) in [5, 5.41) is 13.1. The van der Waals surface area contributed by atoms with Gasteiger partial charge in [0.05, 0.1) is 6.20 Å². The molecule has 0 spiro atoms. The fourth-order valence-corrected chi connectivity index (χ4v) is 3.28. The third-order valence-corrected chi connectivity index (χ3v) is 4.97. The topological polar surface area (TPSA) is 104 Å². The van der Waals surface area contributed by atoms with E-state index in [1.807, 2.05) is 0 Å². The molecule has 1 atom stereocenters. The molecule has 0 aliphatic heterocycles. The van der Waals surface area contributed by atoms with E-state index in [2.05, 4.69) is 47.6 Å². The minimum Gasteiger partial charge on any atom is -0.481 e. The highest BCUT2D eigenvalue weighted by Crippen LogP contribution is 2.30. The Morgan fingerprint density at radius 1 is 1.37 bits per heavy atom. The van der Waals surface area contributed by atoms with Crippen LogP contribution in [0.3, 0.4) is 0 Å². The van der Waals surface area contributed by atoms with Crippen LogP contribution >= 0.6 is 0 Å². The largest absolute Gasteiger partial charge is 0.481 e. The molecular formula is C22H26FN5O2. The normalized spacial score (nSPS) is 12.7. The monoisotopic (exact) mass is 411 g/mol. The summed E-state index contributed by atoms with van der Waals surface area (Å²) < 4.78 is 13.7. The molecule has 3 rings (SSSR count). The zero-order valence-electron chi connectivity index (χ0n) is 17.4. The summed E-state index contributed by atoms with van der Waals surface area (Å²) in [5.74, 6) is -0.237. The highest BCUT2D eigenvalue weighted by atomic mass is 19.1. The first-order valence-corrected chi connectivity index (χ1v) is 9.77. The maximum absolute atomic E-state index is 13.7. The third-order valence-electron chi connectivity index (χ3n) is 4.97. The van der Waals surface area contributed by atoms with Crippen LogP contribution < -0.4 is 5.32 Å². The smallest absolute Gasteiger partial charge is 0.303 e. The van der Waals surface area contributed by atoms with Gasteiger partial charge in [0.1, 0.15) is 17.3 Å². The van der Waals surface area contributed by atoms with Crippen molar-refractivity contribution in [1.29, 1.82) is 0 Å². The number of hydrogen-bond donors (Lipinski definition) is 3. The Kier molecular flexibility index (Phi) is 6.14. The molecule has 0 aromatic carbocycles. The SMILES string of the molecule is C=CCc1cnc(-c2c[nH]c3ncc(F)cc23)nc1NC(CCC(=O)O)C(C)(C)C. The number of aromatic nitrogens is 4. The Morgan fingerprint density at radius 3 is 2.80 bits per heavy atom. The second-order valence-electron chi connectivity index (χ2n) is 8.31. The van der Waals surface area contributed by atoms with Crippen LogP contribution in [0.25, 0.3) is 22.4 Å². The molecule has 0 radical (unpaired) electrons. The molecule has 3 aromatic rings. The molecule has 0 bridgehead atoms. The molecule has 3 N–H and O–H groups in total. The Morgan fingerprint density at radius 2 is 2.13 bits per heavy atom. The van der Waals surface area contributed by atoms with Gasteiger partial charge in [-0.3, -0.25) is 4.79 Å². The Hall–Kier alpha value is -3.29. The van der Waals surface area contributed by atoms with Crippen molar-refractivity contribution in [3.63, 3.8) is 0 Å². The van der Waals surface area contributed by atoms with Crippen LogP contribution in [0, 0.1) is 11.2 Å². The number of halogens is 1. The van der Waals surface area contributed by atoms with Gasteiger partial charge in [-0.15, -0.1) is 6.58 Å². The van der Waals surface area contributed by atoms with Gasteiger partial charge >= 0.3 is 5.97 Å². The number of nitrogens with zero attached hydrogens (tertiary/aromatic N) is 3. The number of hydrogen-bond acceptors (Lipinski definition) is 5. The van der Waals surface area contributed by atoms with Gasteiger partial charge in [-0.2, -0.15) is 0 Å². The van der Waals surface area contributed by atoms with E-state index in [-0.39, 0.29) is 17.9 Å². The lowest BCUT2D eigenvalue weighted by Crippen LogP contribution is -2.35. The number of nitrogens with one attached hydrogen (secondary N) is 2. The molecule has 0 aliphatic rings. The lowest BCUT2D eigenvalue weighted by atomic mass is 9.84. The first-order valence-electron chi connectivity index (χ1n) is 9.77. The molecule has 0 amide bonds. The number of aromatic amines is 1. The highest BCUT2D eigenvalue weighted by molar-refractivity contribution is 5.91. The summed E-state index contributed by atoms with van der Waals surface area (Å²) in [6.45, 7) is 9.95. The third kappa shape index (κ3) is 4.82. The minimum absolute atomic E-state index is 0.0526. The molecule has 3 aromatic heterocycles. The Bertz CT molecular complexity index is 1070. The summed E-state index contributed by atoms with van der Waals surface area (Å²) >= 11 is 0. The predicted molar refractivity (Wildman–Crippen MR) is 115 cm³/mol. The highest BCUT2D eigenvalue weighted by Gasteiger charge is 2.26. The first-order chi connectivity index (χ1) is 14.2. The van der Waals surface area contributed by atoms with Crippen molar-refractivity contribution < 1.29 is 14.3 Å². The van der Waals surface area contributed by atoms with E-state index in [1.54, 1.807) is 18.5 Å². The van der Waals surface area contributed by atoms with Gasteiger partial charge in [-0.25, -0.2) is 19.3 Å². The number of rotatable bonds is 8. The molecule has 0 saturated carbocycles. The summed E-state index contributed by atoms with van der Waals surface area (Å²) in [6, 6.07) is 1.27. The zero-order valence-corrected chi connectivity index (χ0v) is 17.4. The first kappa shape index (κ1) is 21.4. The van der Waals surface area contributed by atoms with Gasteiger partial charge in [0.15, 0.2) is 5.82 Å². The van der Waals surface area contributed by atoms with Crippen LogP contribution in [0.2, 0.25) is 0 Å². The van der Waals surface area contributed by atoms with Crippen LogP contribution in [0.5, 0.6) is 0 Å². The number of fused-ring (bicyclic) bond motifs is 1. The van der Waals surface area contributed by atoms with E-state index < -0.39 is 11.8 Å². The molecule has 158 valence electrons. The molecule has 8 heteroatoms. The Balaban J connectivity index is 2.02. The number of allylic oxidation sites excluding steroid dienone is 1. The molecule has 0 aliphatic carbocycles. The number of pyridine rings is 1. The van der Waals surface area contributed by atoms with E-state index in [0.29, 0.717) is 41.1 Å². The van der Waals surface area contributed by atoms with E-state index in [0.717, 1.165) is 11.8 Å². The second kappa shape index (κ2) is 8.61. The van der Waals surface area contributed by atoms with E-state index in [4.69, 9.17) is 10.1 Å². The van der Waals surface area contributed by atoms with Crippen molar-refractivity contribution >= 4 is 22.8 Å². The molecule has 30 heavy (non-hydrogen) atoms. The van der Waals surface area contributed by atoms with Gasteiger partial charge in [0.25, 0.3) is 0 Å². The van der Waals surface area contributed by atoms with Gasteiger partial charge in [-0.1, -0.05) is 26.8 Å². The van der Waals surface area contributed by atoms with Crippen molar-refractivity contribution in [3.8, 4) is 11.4 Å². The molecule has 1 unspecified atom stereocenters. The second-order valence-corrected chi connectivity index (χ2v) is 8.31. The summed E-state index contributed by atoms with van der Waals surface area (Å²) in [6.07, 6.45) is 7.40. The molecular weight excluding hydrogens is 385 g/mol. The van der Waals surface area contributed by atoms with Crippen LogP contribution in [0.1, 0.15) is 39.2 Å².